The summed E-state index contributed by atoms with van der Waals surface area (Å²) in [6.07, 6.45) is 0. The molecule has 0 amide bonds. The Kier molecular flexibility index (Phi) is 124. The van der Waals surface area contributed by atoms with Gasteiger partial charge < -0.3 is 0 Å². The van der Waals surface area contributed by atoms with Crippen LogP contribution in [0.4, 0.5) is 0 Å². The molecular formula is Bi2Ca2O15Ti5. The van der Waals surface area contributed by atoms with E-state index < -0.39 is 93.1 Å². The third-order valence-corrected chi connectivity index (χ3v) is 0. The van der Waals surface area contributed by atoms with Gasteiger partial charge in [0.25, 0.3) is 0 Å². The molecule has 15 nitrogen and oxygen atoms in total. The first-order valence-corrected chi connectivity index (χ1v) is 12.6. The summed E-state index contributed by atoms with van der Waals surface area (Å²) in [4.78, 5) is 0. The van der Waals surface area contributed by atoms with E-state index in [1.807, 2.05) is 0 Å². The van der Waals surface area contributed by atoms with E-state index in [0.717, 1.165) is 0 Å². The fraction of sp³-hybridized carbons (Fsp3) is 0. The molecule has 0 bridgehead atoms. The van der Waals surface area contributed by atoms with Crippen LogP contribution in [-0.4, -0.2) is 128 Å². The van der Waals surface area contributed by atoms with Crippen molar-refractivity contribution in [2.45, 2.75) is 0 Å². The van der Waals surface area contributed by atoms with Gasteiger partial charge >= 0.3 is 274 Å². The van der Waals surface area contributed by atoms with Gasteiger partial charge in [-0.1, -0.05) is 0 Å². The Balaban J connectivity index is -0.0000000161. The van der Waals surface area contributed by atoms with Crippen LogP contribution in [0.15, 0.2) is 0 Å². The van der Waals surface area contributed by atoms with Crippen LogP contribution >= 0.6 is 0 Å². The van der Waals surface area contributed by atoms with Crippen LogP contribution in [0.5, 0.6) is 0 Å². The van der Waals surface area contributed by atoms with Gasteiger partial charge in [-0.2, -0.15) is 0 Å². The van der Waals surface area contributed by atoms with Crippen molar-refractivity contribution in [1.29, 1.82) is 0 Å². The van der Waals surface area contributed by atoms with Gasteiger partial charge in [-0.05, 0) is 0 Å². The molecule has 0 aromatic heterocycles. The first kappa shape index (κ1) is 57.4. The van der Waals surface area contributed by atoms with Crippen LogP contribution in [0, 0.1) is 0 Å². The molecule has 0 rings (SSSR count). The monoisotopic (exact) mass is 978 g/mol. The second-order valence-corrected chi connectivity index (χ2v) is 5.15. The van der Waals surface area contributed by atoms with Crippen molar-refractivity contribution in [2.24, 2.45) is 0 Å². The Bertz CT molecular complexity index is 221. The SMILES string of the molecule is [Bi+3].[Bi+3].[Ca+2].[Ca+2].[O]=[Ti]([O-])[O-].[O]=[Ti]([O-])[O-].[O]=[Ti]([O-])[O-].[O]=[Ti]([O-])[O-].[O]=[Ti]([O-])[O-]. The molecule has 0 aromatic rings. The Morgan fingerprint density at radius 3 is 0.333 bits per heavy atom. The molecule has 0 aromatic carbocycles. The molecule has 0 fully saturated rings. The summed E-state index contributed by atoms with van der Waals surface area (Å²) in [5.41, 5.74) is 0. The predicted octanol–water partition coefficient (Wildman–Crippen LogP) is -14.0. The summed E-state index contributed by atoms with van der Waals surface area (Å²) in [7, 11) is 0. The quantitative estimate of drug-likeness (QED) is 0.204. The van der Waals surface area contributed by atoms with Crippen LogP contribution in [0.1, 0.15) is 0 Å². The first-order valence-electron chi connectivity index (χ1n) is 3.06. The molecule has 0 unspecified atom stereocenters. The zero-order valence-electron chi connectivity index (χ0n) is 10.9. The van der Waals surface area contributed by atoms with Crippen molar-refractivity contribution in [3.05, 3.63) is 0 Å². The van der Waals surface area contributed by atoms with Crippen molar-refractivity contribution >= 4 is 128 Å². The molecule has 0 aliphatic rings. The summed E-state index contributed by atoms with van der Waals surface area (Å²) in [5, 5.41) is 0. The Morgan fingerprint density at radius 2 is 0.333 bits per heavy atom. The third-order valence-electron chi connectivity index (χ3n) is 0. The van der Waals surface area contributed by atoms with E-state index in [1.165, 1.54) is 0 Å². The summed E-state index contributed by atoms with van der Waals surface area (Å²) in [6.45, 7) is 0. The summed E-state index contributed by atoms with van der Waals surface area (Å²) in [6, 6.07) is 0. The van der Waals surface area contributed by atoms with Gasteiger partial charge in [0.2, 0.25) is 0 Å². The second kappa shape index (κ2) is 51.8. The predicted molar refractivity (Wildman–Crippen MR) is 26.4 cm³/mol. The van der Waals surface area contributed by atoms with Gasteiger partial charge in [0.15, 0.2) is 0 Å². The minimum atomic E-state index is -4.08. The van der Waals surface area contributed by atoms with Gasteiger partial charge in [0.1, 0.15) is 0 Å². The molecule has 0 saturated carbocycles. The fourth-order valence-corrected chi connectivity index (χ4v) is 0. The molecule has 0 saturated heterocycles. The zero-order chi connectivity index (χ0) is 17.9. The maximum absolute atomic E-state index is 8.58. The molecule has 24 heavy (non-hydrogen) atoms. The molecule has 0 aliphatic heterocycles. The van der Waals surface area contributed by atoms with E-state index in [2.05, 4.69) is 0 Å². The van der Waals surface area contributed by atoms with Gasteiger partial charge in [0, 0.05) is 0 Å². The Morgan fingerprint density at radius 1 is 0.333 bits per heavy atom. The summed E-state index contributed by atoms with van der Waals surface area (Å²) < 4.78 is 129. The Labute approximate surface area is 267 Å². The van der Waals surface area contributed by atoms with Crippen LogP contribution < -0.4 is 36.9 Å². The molecule has 4 radical (unpaired) electrons. The summed E-state index contributed by atoms with van der Waals surface area (Å²) in [5.74, 6) is 0. The van der Waals surface area contributed by atoms with Crippen molar-refractivity contribution in [3.63, 3.8) is 0 Å². The maximum atomic E-state index is 8.58. The van der Waals surface area contributed by atoms with Crippen molar-refractivity contribution in [2.75, 3.05) is 0 Å². The fourth-order valence-electron chi connectivity index (χ4n) is 0. The molecule has 24 heteroatoms. The average molecular weight is 977 g/mol. The molecule has 0 atom stereocenters. The van der Waals surface area contributed by atoms with E-state index >= 15 is 0 Å². The van der Waals surface area contributed by atoms with E-state index in [-0.39, 0.29) is 128 Å². The Hall–Kier alpha value is 6.46. The van der Waals surface area contributed by atoms with Gasteiger partial charge in [-0.3, -0.25) is 0 Å². The first-order chi connectivity index (χ1) is 8.66. The average Bonchev–Trinajstić information content (AvgIpc) is 1.94. The standard InChI is InChI=1S/2Bi.2Ca.15O.5Ti/q2*+3;2*+2;;;;;;10*-1;;;;;. The number of hydrogen-bond acceptors (Lipinski definition) is 15. The van der Waals surface area contributed by atoms with E-state index in [0.29, 0.717) is 0 Å². The normalized spacial score (nSPS) is 5.42. The molecule has 124 valence electrons. The van der Waals surface area contributed by atoms with Crippen molar-refractivity contribution in [1.82, 2.24) is 0 Å². The molecule has 0 aliphatic carbocycles. The van der Waals surface area contributed by atoms with Gasteiger partial charge in [-0.25, -0.2) is 0 Å². The summed E-state index contributed by atoms with van der Waals surface area (Å²) >= 11 is -20.4. The number of hydrogen-bond donors (Lipinski definition) is 0. The van der Waals surface area contributed by atoms with Crippen LogP contribution in [-0.2, 0) is 110 Å². The van der Waals surface area contributed by atoms with Gasteiger partial charge in [0.05, 0.1) is 0 Å². The second-order valence-electron chi connectivity index (χ2n) is 1.25. The third kappa shape index (κ3) is 515. The molecule has 0 N–H and O–H groups in total. The molecule has 0 spiro atoms. The molecular weight excluding hydrogens is 977 g/mol. The van der Waals surface area contributed by atoms with E-state index in [4.69, 9.17) is 53.5 Å². The van der Waals surface area contributed by atoms with E-state index in [9.17, 15) is 0 Å². The number of rotatable bonds is 0. The zero-order valence-corrected chi connectivity index (χ0v) is 30.1. The van der Waals surface area contributed by atoms with E-state index in [1.54, 1.807) is 0 Å². The topological polar surface area (TPSA) is 316 Å². The van der Waals surface area contributed by atoms with Crippen molar-refractivity contribution < 1.29 is 147 Å². The minimum absolute atomic E-state index is 0. The van der Waals surface area contributed by atoms with Crippen molar-refractivity contribution in [3.8, 4) is 0 Å². The van der Waals surface area contributed by atoms with Crippen LogP contribution in [0.3, 0.4) is 0 Å². The van der Waals surface area contributed by atoms with Gasteiger partial charge in [-0.15, -0.1) is 0 Å². The van der Waals surface area contributed by atoms with Crippen LogP contribution in [0.2, 0.25) is 0 Å². The molecule has 0 heterocycles. The van der Waals surface area contributed by atoms with Crippen LogP contribution in [0.25, 0.3) is 0 Å².